The van der Waals surface area contributed by atoms with Crippen molar-refractivity contribution in [1.29, 1.82) is 0 Å². The Balaban J connectivity index is 1.96. The molecule has 1 aliphatic rings. The van der Waals surface area contributed by atoms with E-state index in [9.17, 15) is 4.79 Å². The SMILES string of the molecule is COc1ccc(C2NC2C(=O)OC(C)(C)C)cc1. The van der Waals surface area contributed by atoms with E-state index >= 15 is 0 Å². The average molecular weight is 249 g/mol. The molecule has 0 spiro atoms. The standard InChI is InChI=1S/C14H19NO3/c1-14(2,3)18-13(16)12-11(15-12)9-5-7-10(17-4)8-6-9/h5-8,11-12,15H,1-4H3. The van der Waals surface area contributed by atoms with E-state index in [0.717, 1.165) is 11.3 Å². The lowest BCUT2D eigenvalue weighted by Gasteiger charge is -2.19. The Morgan fingerprint density at radius 3 is 2.33 bits per heavy atom. The second kappa shape index (κ2) is 4.61. The van der Waals surface area contributed by atoms with Gasteiger partial charge in [0.05, 0.1) is 13.2 Å². The molecule has 18 heavy (non-hydrogen) atoms. The van der Waals surface area contributed by atoms with Crippen molar-refractivity contribution >= 4 is 5.97 Å². The summed E-state index contributed by atoms with van der Waals surface area (Å²) >= 11 is 0. The van der Waals surface area contributed by atoms with Crippen molar-refractivity contribution in [3.8, 4) is 5.75 Å². The van der Waals surface area contributed by atoms with E-state index in [1.807, 2.05) is 45.0 Å². The topological polar surface area (TPSA) is 57.5 Å². The van der Waals surface area contributed by atoms with Gasteiger partial charge in [0.1, 0.15) is 17.4 Å². The van der Waals surface area contributed by atoms with Crippen LogP contribution in [0.2, 0.25) is 0 Å². The molecule has 2 rings (SSSR count). The maximum absolute atomic E-state index is 11.8. The van der Waals surface area contributed by atoms with Gasteiger partial charge in [0.15, 0.2) is 0 Å². The molecular weight excluding hydrogens is 230 g/mol. The maximum Gasteiger partial charge on any atom is 0.325 e. The summed E-state index contributed by atoms with van der Waals surface area (Å²) in [5, 5.41) is 3.13. The Morgan fingerprint density at radius 1 is 1.22 bits per heavy atom. The van der Waals surface area contributed by atoms with Crippen LogP contribution >= 0.6 is 0 Å². The lowest BCUT2D eigenvalue weighted by Crippen LogP contribution is -2.27. The number of carbonyl (C=O) groups excluding carboxylic acids is 1. The van der Waals surface area contributed by atoms with Crippen molar-refractivity contribution < 1.29 is 14.3 Å². The van der Waals surface area contributed by atoms with Crippen LogP contribution in [0.3, 0.4) is 0 Å². The summed E-state index contributed by atoms with van der Waals surface area (Å²) in [5.41, 5.74) is 0.637. The van der Waals surface area contributed by atoms with Gasteiger partial charge in [-0.1, -0.05) is 12.1 Å². The van der Waals surface area contributed by atoms with Crippen molar-refractivity contribution in [1.82, 2.24) is 5.32 Å². The van der Waals surface area contributed by atoms with Crippen LogP contribution in [-0.4, -0.2) is 24.7 Å². The Hall–Kier alpha value is -1.55. The van der Waals surface area contributed by atoms with E-state index in [1.54, 1.807) is 7.11 Å². The number of hydrogen-bond acceptors (Lipinski definition) is 4. The molecule has 4 heteroatoms. The van der Waals surface area contributed by atoms with Gasteiger partial charge in [0.2, 0.25) is 0 Å². The molecule has 0 aliphatic carbocycles. The molecule has 0 aromatic heterocycles. The van der Waals surface area contributed by atoms with E-state index in [2.05, 4.69) is 5.32 Å². The number of hydrogen-bond donors (Lipinski definition) is 1. The predicted molar refractivity (Wildman–Crippen MR) is 68.5 cm³/mol. The van der Waals surface area contributed by atoms with E-state index in [4.69, 9.17) is 9.47 Å². The van der Waals surface area contributed by atoms with Gasteiger partial charge in [-0.05, 0) is 38.5 Å². The van der Waals surface area contributed by atoms with Crippen molar-refractivity contribution in [3.63, 3.8) is 0 Å². The zero-order valence-electron chi connectivity index (χ0n) is 11.2. The van der Waals surface area contributed by atoms with Crippen LogP contribution in [0.4, 0.5) is 0 Å². The van der Waals surface area contributed by atoms with Crippen LogP contribution in [0, 0.1) is 0 Å². The smallest absolute Gasteiger partial charge is 0.325 e. The second-order valence-electron chi connectivity index (χ2n) is 5.43. The fraction of sp³-hybridized carbons (Fsp3) is 0.500. The Labute approximate surface area is 107 Å². The number of methoxy groups -OCH3 is 1. The molecule has 2 atom stereocenters. The molecule has 1 fully saturated rings. The maximum atomic E-state index is 11.8. The monoisotopic (exact) mass is 249 g/mol. The molecule has 0 saturated carbocycles. The summed E-state index contributed by atoms with van der Waals surface area (Å²) in [4.78, 5) is 11.8. The summed E-state index contributed by atoms with van der Waals surface area (Å²) in [7, 11) is 1.63. The number of benzene rings is 1. The molecule has 1 aliphatic heterocycles. The highest BCUT2D eigenvalue weighted by molar-refractivity contribution is 5.81. The number of rotatable bonds is 3. The molecule has 2 unspecified atom stereocenters. The number of ether oxygens (including phenoxy) is 2. The van der Waals surface area contributed by atoms with E-state index in [1.165, 1.54) is 0 Å². The molecule has 1 saturated heterocycles. The third-order valence-electron chi connectivity index (χ3n) is 2.72. The van der Waals surface area contributed by atoms with Crippen molar-refractivity contribution in [2.45, 2.75) is 38.5 Å². The van der Waals surface area contributed by atoms with Crippen LogP contribution in [-0.2, 0) is 9.53 Å². The molecule has 1 aromatic carbocycles. The van der Waals surface area contributed by atoms with Crippen LogP contribution in [0.5, 0.6) is 5.75 Å². The summed E-state index contributed by atoms with van der Waals surface area (Å²) in [6.45, 7) is 5.61. The minimum absolute atomic E-state index is 0.0609. The van der Waals surface area contributed by atoms with Gasteiger partial charge in [0.25, 0.3) is 0 Å². The average Bonchev–Trinajstić information content (AvgIpc) is 3.07. The van der Waals surface area contributed by atoms with Crippen LogP contribution in [0.25, 0.3) is 0 Å². The normalized spacial score (nSPS) is 22.4. The number of esters is 1. The minimum Gasteiger partial charge on any atom is -0.497 e. The quantitative estimate of drug-likeness (QED) is 0.658. The van der Waals surface area contributed by atoms with Gasteiger partial charge in [-0.2, -0.15) is 0 Å². The van der Waals surface area contributed by atoms with Crippen molar-refractivity contribution in [2.75, 3.05) is 7.11 Å². The molecule has 0 amide bonds. The lowest BCUT2D eigenvalue weighted by atomic mass is 10.1. The Bertz CT molecular complexity index is 433. The van der Waals surface area contributed by atoms with Gasteiger partial charge in [-0.25, -0.2) is 0 Å². The Morgan fingerprint density at radius 2 is 1.83 bits per heavy atom. The Kier molecular flexibility index (Phi) is 3.30. The fourth-order valence-corrected chi connectivity index (χ4v) is 1.81. The van der Waals surface area contributed by atoms with E-state index < -0.39 is 5.60 Å². The van der Waals surface area contributed by atoms with Gasteiger partial charge in [-0.15, -0.1) is 0 Å². The first kappa shape index (κ1) is 12.9. The molecule has 0 bridgehead atoms. The van der Waals surface area contributed by atoms with Crippen molar-refractivity contribution in [3.05, 3.63) is 29.8 Å². The highest BCUT2D eigenvalue weighted by Crippen LogP contribution is 2.32. The molecular formula is C14H19NO3. The molecule has 0 radical (unpaired) electrons. The van der Waals surface area contributed by atoms with Crippen molar-refractivity contribution in [2.24, 2.45) is 0 Å². The molecule has 98 valence electrons. The van der Waals surface area contributed by atoms with Crippen LogP contribution < -0.4 is 10.1 Å². The summed E-state index contributed by atoms with van der Waals surface area (Å²) in [6, 6.07) is 7.54. The van der Waals surface area contributed by atoms with Gasteiger partial charge < -0.3 is 9.47 Å². The van der Waals surface area contributed by atoms with E-state index in [0.29, 0.717) is 0 Å². The highest BCUT2D eigenvalue weighted by atomic mass is 16.6. The lowest BCUT2D eigenvalue weighted by molar-refractivity contribution is -0.154. The molecule has 1 heterocycles. The summed E-state index contributed by atoms with van der Waals surface area (Å²) in [6.07, 6.45) is 0. The molecule has 1 N–H and O–H groups in total. The first-order valence-corrected chi connectivity index (χ1v) is 6.03. The zero-order chi connectivity index (χ0) is 13.3. The molecule has 4 nitrogen and oxygen atoms in total. The first-order chi connectivity index (χ1) is 8.40. The number of carbonyl (C=O) groups is 1. The summed E-state index contributed by atoms with van der Waals surface area (Å²) in [5.74, 6) is 0.622. The number of nitrogens with one attached hydrogen (secondary N) is 1. The second-order valence-corrected chi connectivity index (χ2v) is 5.43. The first-order valence-electron chi connectivity index (χ1n) is 6.03. The van der Waals surface area contributed by atoms with Crippen LogP contribution in [0.1, 0.15) is 32.4 Å². The van der Waals surface area contributed by atoms with Gasteiger partial charge in [0, 0.05) is 0 Å². The highest BCUT2D eigenvalue weighted by Gasteiger charge is 2.45. The fourth-order valence-electron chi connectivity index (χ4n) is 1.81. The third-order valence-corrected chi connectivity index (χ3v) is 2.72. The molecule has 1 aromatic rings. The zero-order valence-corrected chi connectivity index (χ0v) is 11.2. The summed E-state index contributed by atoms with van der Waals surface area (Å²) < 4.78 is 10.4. The minimum atomic E-state index is -0.439. The van der Waals surface area contributed by atoms with Gasteiger partial charge in [-0.3, -0.25) is 10.1 Å². The van der Waals surface area contributed by atoms with Crippen LogP contribution in [0.15, 0.2) is 24.3 Å². The van der Waals surface area contributed by atoms with Gasteiger partial charge >= 0.3 is 5.97 Å². The van der Waals surface area contributed by atoms with E-state index in [-0.39, 0.29) is 18.1 Å². The third kappa shape index (κ3) is 3.01. The largest absolute Gasteiger partial charge is 0.497 e. The predicted octanol–water partition coefficient (Wildman–Crippen LogP) is 2.05.